The van der Waals surface area contributed by atoms with E-state index >= 15 is 0 Å². The summed E-state index contributed by atoms with van der Waals surface area (Å²) < 4.78 is 25.3. The first kappa shape index (κ1) is 17.9. The van der Waals surface area contributed by atoms with Gasteiger partial charge in [-0.1, -0.05) is 6.42 Å². The van der Waals surface area contributed by atoms with Crippen LogP contribution in [0, 0.1) is 0 Å². The number of nitrogens with one attached hydrogen (secondary N) is 1. The molecule has 24 heavy (non-hydrogen) atoms. The summed E-state index contributed by atoms with van der Waals surface area (Å²) in [5.41, 5.74) is 1.35. The van der Waals surface area contributed by atoms with Crippen LogP contribution < -0.4 is 4.72 Å². The van der Waals surface area contributed by atoms with Crippen LogP contribution in [0.25, 0.3) is 0 Å². The third kappa shape index (κ3) is 4.37. The van der Waals surface area contributed by atoms with Gasteiger partial charge in [0.05, 0.1) is 11.1 Å². The minimum atomic E-state index is -3.23. The summed E-state index contributed by atoms with van der Waals surface area (Å²) in [6, 6.07) is 2.05. The minimum absolute atomic E-state index is 0.0390. The van der Waals surface area contributed by atoms with E-state index in [1.165, 1.54) is 29.7 Å². The van der Waals surface area contributed by atoms with Crippen molar-refractivity contribution in [3.05, 3.63) is 21.4 Å². The van der Waals surface area contributed by atoms with Crippen molar-refractivity contribution in [2.75, 3.05) is 19.3 Å². The Morgan fingerprint density at radius 3 is 2.83 bits per heavy atom. The van der Waals surface area contributed by atoms with Crippen LogP contribution in [-0.4, -0.2) is 44.6 Å². The third-order valence-corrected chi connectivity index (χ3v) is 6.84. The van der Waals surface area contributed by atoms with Gasteiger partial charge in [0.15, 0.2) is 0 Å². The van der Waals surface area contributed by atoms with Gasteiger partial charge in [-0.2, -0.15) is 0 Å². The van der Waals surface area contributed by atoms with E-state index in [-0.39, 0.29) is 11.9 Å². The molecule has 0 bridgehead atoms. The van der Waals surface area contributed by atoms with Crippen LogP contribution in [0.15, 0.2) is 6.07 Å². The molecule has 1 aliphatic heterocycles. The Morgan fingerprint density at radius 1 is 1.25 bits per heavy atom. The number of hydrogen-bond acceptors (Lipinski definition) is 4. The molecule has 1 amide bonds. The molecule has 1 N–H and O–H groups in total. The van der Waals surface area contributed by atoms with E-state index < -0.39 is 10.0 Å². The molecule has 3 rings (SSSR count). The molecule has 0 saturated carbocycles. The Kier molecular flexibility index (Phi) is 5.62. The van der Waals surface area contributed by atoms with E-state index in [0.717, 1.165) is 49.8 Å². The molecule has 2 aliphatic rings. The van der Waals surface area contributed by atoms with E-state index in [2.05, 4.69) is 10.8 Å². The molecule has 1 aromatic rings. The van der Waals surface area contributed by atoms with Gasteiger partial charge in [-0.05, 0) is 56.6 Å². The van der Waals surface area contributed by atoms with Gasteiger partial charge < -0.3 is 4.90 Å². The lowest BCUT2D eigenvalue weighted by molar-refractivity contribution is 0.0624. The lowest BCUT2D eigenvalue weighted by Gasteiger charge is -2.35. The van der Waals surface area contributed by atoms with E-state index in [0.29, 0.717) is 6.54 Å². The largest absolute Gasteiger partial charge is 0.334 e. The molecular formula is C17H26N2O3S2. The Hall–Kier alpha value is -0.920. The Bertz CT molecular complexity index is 673. The number of hydrogen-bond donors (Lipinski definition) is 1. The summed E-state index contributed by atoms with van der Waals surface area (Å²) in [6.45, 7) is 1.03. The number of nitrogens with zero attached hydrogens (tertiary/aromatic N) is 1. The van der Waals surface area contributed by atoms with Crippen LogP contribution in [0.4, 0.5) is 0 Å². The van der Waals surface area contributed by atoms with Crippen molar-refractivity contribution in [2.24, 2.45) is 0 Å². The predicted octanol–water partition coefficient (Wildman–Crippen LogP) is 2.56. The first-order valence-electron chi connectivity index (χ1n) is 8.81. The molecule has 1 aromatic heterocycles. The zero-order valence-electron chi connectivity index (χ0n) is 14.2. The number of carbonyl (C=O) groups is 1. The summed E-state index contributed by atoms with van der Waals surface area (Å²) in [5, 5.41) is 0. The first-order chi connectivity index (χ1) is 11.4. The molecule has 134 valence electrons. The summed E-state index contributed by atoms with van der Waals surface area (Å²) in [5.74, 6) is 0.0769. The zero-order chi connectivity index (χ0) is 17.2. The topological polar surface area (TPSA) is 66.5 Å². The minimum Gasteiger partial charge on any atom is -0.334 e. The summed E-state index contributed by atoms with van der Waals surface area (Å²) in [4.78, 5) is 17.1. The number of thiophene rings is 1. The molecular weight excluding hydrogens is 344 g/mol. The van der Waals surface area contributed by atoms with E-state index in [9.17, 15) is 13.2 Å². The maximum atomic E-state index is 13.0. The third-order valence-electron chi connectivity index (χ3n) is 4.93. The maximum absolute atomic E-state index is 13.0. The molecule has 0 spiro atoms. The molecule has 1 atom stereocenters. The molecule has 7 heteroatoms. The lowest BCUT2D eigenvalue weighted by atomic mass is 10.0. The van der Waals surface area contributed by atoms with Crippen LogP contribution in [-0.2, 0) is 22.9 Å². The second-order valence-corrected chi connectivity index (χ2v) is 9.86. The number of fused-ring (bicyclic) bond motifs is 1. The monoisotopic (exact) mass is 370 g/mol. The van der Waals surface area contributed by atoms with Gasteiger partial charge in [0.1, 0.15) is 0 Å². The maximum Gasteiger partial charge on any atom is 0.264 e. The van der Waals surface area contributed by atoms with Gasteiger partial charge in [-0.3, -0.25) is 4.79 Å². The Morgan fingerprint density at radius 2 is 2.04 bits per heavy atom. The van der Waals surface area contributed by atoms with Gasteiger partial charge in [-0.25, -0.2) is 13.1 Å². The number of aryl methyl sites for hydroxylation is 2. The van der Waals surface area contributed by atoms with Crippen LogP contribution >= 0.6 is 11.3 Å². The highest BCUT2D eigenvalue weighted by Crippen LogP contribution is 2.31. The molecule has 0 radical (unpaired) electrons. The summed E-state index contributed by atoms with van der Waals surface area (Å²) >= 11 is 1.65. The molecule has 0 aromatic carbocycles. The van der Waals surface area contributed by atoms with Gasteiger partial charge in [0.2, 0.25) is 10.0 Å². The average Bonchev–Trinajstić information content (AvgIpc) is 2.83. The van der Waals surface area contributed by atoms with Gasteiger partial charge >= 0.3 is 0 Å². The highest BCUT2D eigenvalue weighted by atomic mass is 32.2. The molecule has 2 heterocycles. The standard InChI is InChI=1S/C17H26N2O3S2/c1-24(21,22)18-12-14-8-5-6-10-19(14)17(20)16-11-13-7-3-2-4-9-15(13)23-16/h11,14,18H,2-10,12H2,1H3/t14-/m1/s1. The lowest BCUT2D eigenvalue weighted by Crippen LogP contribution is -2.49. The number of amides is 1. The fourth-order valence-corrected chi connectivity index (χ4v) is 5.35. The van der Waals surface area contributed by atoms with Crippen LogP contribution in [0.5, 0.6) is 0 Å². The molecule has 1 aliphatic carbocycles. The first-order valence-corrected chi connectivity index (χ1v) is 11.5. The predicted molar refractivity (Wildman–Crippen MR) is 97.1 cm³/mol. The molecule has 0 unspecified atom stereocenters. The van der Waals surface area contributed by atoms with Crippen LogP contribution in [0.3, 0.4) is 0 Å². The van der Waals surface area contributed by atoms with E-state index in [1.807, 2.05) is 4.90 Å². The van der Waals surface area contributed by atoms with Gasteiger partial charge in [0, 0.05) is 24.0 Å². The van der Waals surface area contributed by atoms with E-state index in [1.54, 1.807) is 11.3 Å². The van der Waals surface area contributed by atoms with Crippen molar-refractivity contribution in [1.82, 2.24) is 9.62 Å². The van der Waals surface area contributed by atoms with Crippen molar-refractivity contribution in [3.63, 3.8) is 0 Å². The number of rotatable bonds is 4. The van der Waals surface area contributed by atoms with Crippen molar-refractivity contribution >= 4 is 27.3 Å². The quantitative estimate of drug-likeness (QED) is 0.829. The molecule has 1 saturated heterocycles. The second kappa shape index (κ2) is 7.54. The Labute approximate surface area is 148 Å². The fraction of sp³-hybridized carbons (Fsp3) is 0.706. The molecule has 1 fully saturated rings. The average molecular weight is 371 g/mol. The van der Waals surface area contributed by atoms with Crippen molar-refractivity contribution < 1.29 is 13.2 Å². The Balaban J connectivity index is 1.74. The second-order valence-electron chi connectivity index (χ2n) is 6.89. The van der Waals surface area contributed by atoms with Gasteiger partial charge in [0.25, 0.3) is 5.91 Å². The van der Waals surface area contributed by atoms with Crippen molar-refractivity contribution in [1.29, 1.82) is 0 Å². The zero-order valence-corrected chi connectivity index (χ0v) is 15.8. The highest BCUT2D eigenvalue weighted by molar-refractivity contribution is 7.88. The number of piperidine rings is 1. The normalized spacial score (nSPS) is 22.0. The summed E-state index contributed by atoms with van der Waals surface area (Å²) in [7, 11) is -3.23. The van der Waals surface area contributed by atoms with E-state index in [4.69, 9.17) is 0 Å². The van der Waals surface area contributed by atoms with Crippen LogP contribution in [0.1, 0.15) is 58.6 Å². The summed E-state index contributed by atoms with van der Waals surface area (Å²) in [6.07, 6.45) is 9.93. The number of carbonyl (C=O) groups excluding carboxylic acids is 1. The highest BCUT2D eigenvalue weighted by Gasteiger charge is 2.29. The van der Waals surface area contributed by atoms with Gasteiger partial charge in [-0.15, -0.1) is 11.3 Å². The van der Waals surface area contributed by atoms with Crippen molar-refractivity contribution in [3.8, 4) is 0 Å². The smallest absolute Gasteiger partial charge is 0.264 e. The fourth-order valence-electron chi connectivity index (χ4n) is 3.64. The SMILES string of the molecule is CS(=O)(=O)NC[C@H]1CCCCN1C(=O)c1cc2c(s1)CCCCC2. The number of sulfonamides is 1. The van der Waals surface area contributed by atoms with Crippen molar-refractivity contribution in [2.45, 2.75) is 57.4 Å². The number of likely N-dealkylation sites (tertiary alicyclic amines) is 1. The molecule has 5 nitrogen and oxygen atoms in total. The van der Waals surface area contributed by atoms with Crippen LogP contribution in [0.2, 0.25) is 0 Å².